The number of unbranched alkanes of at least 4 members (excludes halogenated alkanes) is 2. The molecule has 0 saturated carbocycles. The molecule has 1 saturated heterocycles. The Morgan fingerprint density at radius 2 is 1.98 bits per heavy atom. The first kappa shape index (κ1) is 32.5. The zero-order valence-electron chi connectivity index (χ0n) is 25.4. The fraction of sp³-hybridized carbons (Fsp3) is 0.613. The van der Waals surface area contributed by atoms with E-state index in [-0.39, 0.29) is 29.2 Å². The number of likely N-dealkylation sites (tertiary alicyclic amines) is 1. The maximum atomic E-state index is 13.3. The highest BCUT2D eigenvalue weighted by Crippen LogP contribution is 2.32. The number of amides is 2. The molecule has 2 aromatic rings. The van der Waals surface area contributed by atoms with E-state index in [0.29, 0.717) is 44.9 Å². The van der Waals surface area contributed by atoms with Crippen LogP contribution < -0.4 is 15.4 Å². The van der Waals surface area contributed by atoms with E-state index < -0.39 is 6.04 Å². The first-order chi connectivity index (χ1) is 19.6. The summed E-state index contributed by atoms with van der Waals surface area (Å²) in [6.07, 6.45) is 4.28. The summed E-state index contributed by atoms with van der Waals surface area (Å²) in [5, 5.41) is 6.21. The molecule has 1 aliphatic heterocycles. The molecule has 10 heteroatoms. The van der Waals surface area contributed by atoms with Crippen molar-refractivity contribution in [3.8, 4) is 16.2 Å². The Labute approximate surface area is 248 Å². The lowest BCUT2D eigenvalue weighted by Gasteiger charge is -2.34. The normalized spacial score (nSPS) is 16.0. The van der Waals surface area contributed by atoms with Crippen molar-refractivity contribution in [3.63, 3.8) is 0 Å². The highest BCUT2D eigenvalue weighted by Gasteiger charge is 2.40. The number of likely N-dealkylation sites (N-methyl/N-ethyl adjacent to an activating group) is 1. The summed E-state index contributed by atoms with van der Waals surface area (Å²) in [6.45, 7) is 11.6. The van der Waals surface area contributed by atoms with Crippen LogP contribution in [0.3, 0.4) is 0 Å². The van der Waals surface area contributed by atoms with Gasteiger partial charge in [-0.05, 0) is 70.0 Å². The van der Waals surface area contributed by atoms with Crippen molar-refractivity contribution in [2.75, 3.05) is 26.8 Å². The maximum absolute atomic E-state index is 13.3. The van der Waals surface area contributed by atoms with Crippen LogP contribution in [0.5, 0.6) is 5.75 Å². The number of aryl methyl sites for hydroxylation is 1. The van der Waals surface area contributed by atoms with Gasteiger partial charge in [0.15, 0.2) is 0 Å². The summed E-state index contributed by atoms with van der Waals surface area (Å²) < 4.78 is 11.2. The third-order valence-corrected chi connectivity index (χ3v) is 8.33. The summed E-state index contributed by atoms with van der Waals surface area (Å²) in [5.41, 5.74) is 4.41. The molecular formula is C31H46N4O5S. The number of aromatic nitrogens is 1. The summed E-state index contributed by atoms with van der Waals surface area (Å²) in [4.78, 5) is 45.4. The first-order valence-corrected chi connectivity index (χ1v) is 15.5. The number of hydrogen-bond acceptors (Lipinski definition) is 8. The number of carbonyl (C=O) groups is 3. The van der Waals surface area contributed by atoms with Gasteiger partial charge in [0, 0.05) is 25.1 Å². The van der Waals surface area contributed by atoms with Gasteiger partial charge in [-0.15, -0.1) is 11.3 Å². The van der Waals surface area contributed by atoms with Crippen LogP contribution in [-0.4, -0.2) is 66.6 Å². The van der Waals surface area contributed by atoms with Crippen molar-refractivity contribution in [1.29, 1.82) is 0 Å². The Kier molecular flexibility index (Phi) is 12.1. The third-order valence-electron chi connectivity index (χ3n) is 7.36. The molecule has 2 heterocycles. The molecule has 0 aliphatic carbocycles. The molecule has 1 aliphatic rings. The molecule has 0 spiro atoms. The predicted octanol–water partition coefficient (Wildman–Crippen LogP) is 4.86. The fourth-order valence-electron chi connectivity index (χ4n) is 5.21. The molecular weight excluding hydrogens is 540 g/mol. The molecule has 2 amide bonds. The molecule has 2 atom stereocenters. The lowest BCUT2D eigenvalue weighted by molar-refractivity contribution is -0.143. The molecule has 3 rings (SSSR count). The third kappa shape index (κ3) is 9.00. The van der Waals surface area contributed by atoms with Crippen molar-refractivity contribution in [2.45, 2.75) is 91.8 Å². The molecule has 1 aromatic heterocycles. The van der Waals surface area contributed by atoms with E-state index in [0.717, 1.165) is 47.4 Å². The van der Waals surface area contributed by atoms with E-state index in [4.69, 9.17) is 9.47 Å². The number of rotatable bonds is 14. The minimum Gasteiger partial charge on any atom is -0.493 e. The summed E-state index contributed by atoms with van der Waals surface area (Å²) in [7, 11) is 1.79. The molecule has 41 heavy (non-hydrogen) atoms. The number of ether oxygens (including phenoxy) is 2. The van der Waals surface area contributed by atoms with Crippen LogP contribution in [0.4, 0.5) is 0 Å². The minimum atomic E-state index is -0.483. The average molecular weight is 587 g/mol. The van der Waals surface area contributed by atoms with Gasteiger partial charge in [0.2, 0.25) is 11.8 Å². The highest BCUT2D eigenvalue weighted by atomic mass is 32.1. The number of thiazole rings is 1. The molecule has 9 nitrogen and oxygen atoms in total. The van der Waals surface area contributed by atoms with Crippen LogP contribution in [-0.2, 0) is 25.7 Å². The summed E-state index contributed by atoms with van der Waals surface area (Å²) >= 11 is 1.58. The van der Waals surface area contributed by atoms with Crippen LogP contribution >= 0.6 is 11.3 Å². The fourth-order valence-corrected chi connectivity index (χ4v) is 6.02. The number of carbonyl (C=O) groups excluding carboxylic acids is 3. The average Bonchev–Trinajstić information content (AvgIpc) is 3.58. The Bertz CT molecular complexity index is 1180. The van der Waals surface area contributed by atoms with Gasteiger partial charge < -0.3 is 25.0 Å². The van der Waals surface area contributed by atoms with Crippen LogP contribution in [0.2, 0.25) is 0 Å². The number of nitrogens with zero attached hydrogens (tertiary/aromatic N) is 2. The quantitative estimate of drug-likeness (QED) is 0.240. The van der Waals surface area contributed by atoms with Crippen molar-refractivity contribution in [3.05, 3.63) is 35.0 Å². The van der Waals surface area contributed by atoms with E-state index in [9.17, 15) is 14.4 Å². The van der Waals surface area contributed by atoms with Gasteiger partial charge in [-0.25, -0.2) is 4.98 Å². The van der Waals surface area contributed by atoms with Gasteiger partial charge in [0.25, 0.3) is 0 Å². The van der Waals surface area contributed by atoms with Gasteiger partial charge in [0.1, 0.15) is 11.8 Å². The number of hydrogen-bond donors (Lipinski definition) is 2. The lowest BCUT2D eigenvalue weighted by atomic mass is 9.86. The van der Waals surface area contributed by atoms with Gasteiger partial charge in [-0.2, -0.15) is 0 Å². The Balaban J connectivity index is 1.66. The topological polar surface area (TPSA) is 110 Å². The Morgan fingerprint density at radius 1 is 1.20 bits per heavy atom. The van der Waals surface area contributed by atoms with Crippen molar-refractivity contribution < 1.29 is 23.9 Å². The number of nitrogens with one attached hydrogen (secondary N) is 2. The second-order valence-corrected chi connectivity index (χ2v) is 12.4. The monoisotopic (exact) mass is 586 g/mol. The van der Waals surface area contributed by atoms with Crippen LogP contribution in [0, 0.1) is 12.3 Å². The molecule has 0 radical (unpaired) electrons. The van der Waals surface area contributed by atoms with E-state index >= 15 is 0 Å². The minimum absolute atomic E-state index is 0.0334. The molecule has 1 fully saturated rings. The predicted molar refractivity (Wildman–Crippen MR) is 162 cm³/mol. The Morgan fingerprint density at radius 3 is 2.63 bits per heavy atom. The van der Waals surface area contributed by atoms with Crippen molar-refractivity contribution >= 4 is 29.1 Å². The largest absolute Gasteiger partial charge is 0.493 e. The van der Waals surface area contributed by atoms with Gasteiger partial charge in [0.05, 0.1) is 35.3 Å². The molecule has 2 unspecified atom stereocenters. The first-order valence-electron chi connectivity index (χ1n) is 14.6. The Hall–Kier alpha value is -2.98. The lowest BCUT2D eigenvalue weighted by Crippen LogP contribution is -2.55. The molecule has 226 valence electrons. The van der Waals surface area contributed by atoms with E-state index in [2.05, 4.69) is 15.6 Å². The number of benzene rings is 1. The molecule has 2 N–H and O–H groups in total. The second-order valence-electron chi connectivity index (χ2n) is 11.5. The van der Waals surface area contributed by atoms with Crippen molar-refractivity contribution in [2.24, 2.45) is 5.41 Å². The van der Waals surface area contributed by atoms with Gasteiger partial charge >= 0.3 is 5.97 Å². The number of esters is 1. The van der Waals surface area contributed by atoms with Crippen molar-refractivity contribution in [1.82, 2.24) is 20.5 Å². The van der Waals surface area contributed by atoms with Gasteiger partial charge in [-0.1, -0.05) is 32.9 Å². The zero-order valence-corrected chi connectivity index (χ0v) is 26.2. The zero-order chi connectivity index (χ0) is 30.0. The second kappa shape index (κ2) is 15.3. The molecule has 0 bridgehead atoms. The highest BCUT2D eigenvalue weighted by molar-refractivity contribution is 7.13. The maximum Gasteiger partial charge on any atom is 0.305 e. The van der Waals surface area contributed by atoms with E-state index in [1.54, 1.807) is 23.3 Å². The van der Waals surface area contributed by atoms with Crippen LogP contribution in [0.15, 0.2) is 23.7 Å². The molecule has 1 aromatic carbocycles. The van der Waals surface area contributed by atoms with Crippen LogP contribution in [0.1, 0.15) is 77.5 Å². The smallest absolute Gasteiger partial charge is 0.305 e. The van der Waals surface area contributed by atoms with Gasteiger partial charge in [-0.3, -0.25) is 14.4 Å². The standard InChI is InChI=1S/C31H46N4O5S/c1-7-39-26(36)13-9-8-10-17-40-25-18-22(27-21(2)34-20-41-27)14-15-23(25)19-33-29(37)24-12-11-16-35(24)30(38)28(32-6)31(3,4)5/h14-15,18,20,24,28,32H,7-13,16-17,19H2,1-6H3,(H,33,37). The van der Waals surface area contributed by atoms with E-state index in [1.807, 2.05) is 58.3 Å². The van der Waals surface area contributed by atoms with Crippen LogP contribution in [0.25, 0.3) is 10.4 Å². The summed E-state index contributed by atoms with van der Waals surface area (Å²) in [6, 6.07) is 5.17. The summed E-state index contributed by atoms with van der Waals surface area (Å²) in [5.74, 6) is 0.366. The van der Waals surface area contributed by atoms with E-state index in [1.165, 1.54) is 0 Å². The SMILES string of the molecule is CCOC(=O)CCCCCOc1cc(-c2scnc2C)ccc1CNC(=O)C1CCCN1C(=O)C(NC)C(C)(C)C.